The van der Waals surface area contributed by atoms with Crippen molar-refractivity contribution in [2.24, 2.45) is 0 Å². The minimum atomic E-state index is -0.876. The highest BCUT2D eigenvalue weighted by molar-refractivity contribution is 6.30. The minimum absolute atomic E-state index is 0.0456. The number of carbonyl (C=O) groups is 1. The molecule has 8 heteroatoms. The van der Waals surface area contributed by atoms with Crippen LogP contribution < -0.4 is 0 Å². The van der Waals surface area contributed by atoms with E-state index in [1.54, 1.807) is 31.2 Å². The van der Waals surface area contributed by atoms with E-state index >= 15 is 0 Å². The molecule has 2 aromatic rings. The molecular weight excluding hydrogens is 310 g/mol. The van der Waals surface area contributed by atoms with Gasteiger partial charge in [0.25, 0.3) is 0 Å². The normalized spacial score (nSPS) is 12.2. The lowest BCUT2D eigenvalue weighted by atomic mass is 10.1. The van der Waals surface area contributed by atoms with Crippen LogP contribution in [-0.2, 0) is 17.9 Å². The van der Waals surface area contributed by atoms with Crippen molar-refractivity contribution in [2.75, 3.05) is 6.61 Å². The molecule has 1 aromatic carbocycles. The SMILES string of the molecule is CCOC(=O)c1nnn(C[C@@H](O)c2ccc(Cl)cc2)c1CO. The van der Waals surface area contributed by atoms with E-state index in [0.717, 1.165) is 0 Å². The Bertz CT molecular complexity index is 642. The number of ether oxygens (including phenoxy) is 1. The van der Waals surface area contributed by atoms with Crippen LogP contribution in [0.15, 0.2) is 24.3 Å². The molecular formula is C14H16ClN3O4. The average Bonchev–Trinajstić information content (AvgIpc) is 2.90. The Labute approximate surface area is 132 Å². The predicted molar refractivity (Wildman–Crippen MR) is 78.3 cm³/mol. The van der Waals surface area contributed by atoms with E-state index in [-0.39, 0.29) is 24.5 Å². The van der Waals surface area contributed by atoms with E-state index in [0.29, 0.717) is 10.6 Å². The molecule has 7 nitrogen and oxygen atoms in total. The number of carbonyl (C=O) groups excluding carboxylic acids is 1. The third-order valence-electron chi connectivity index (χ3n) is 3.06. The van der Waals surface area contributed by atoms with Crippen molar-refractivity contribution in [2.45, 2.75) is 26.2 Å². The molecule has 2 N–H and O–H groups in total. The van der Waals surface area contributed by atoms with E-state index in [9.17, 15) is 15.0 Å². The van der Waals surface area contributed by atoms with Gasteiger partial charge in [0.15, 0.2) is 5.69 Å². The summed E-state index contributed by atoms with van der Waals surface area (Å²) in [5.41, 5.74) is 0.792. The number of rotatable bonds is 6. The van der Waals surface area contributed by atoms with Gasteiger partial charge in [-0.3, -0.25) is 0 Å². The zero-order chi connectivity index (χ0) is 16.1. The molecule has 0 fully saturated rings. The third kappa shape index (κ3) is 3.62. The van der Waals surface area contributed by atoms with E-state index in [1.807, 2.05) is 0 Å². The van der Waals surface area contributed by atoms with E-state index in [4.69, 9.17) is 16.3 Å². The van der Waals surface area contributed by atoms with Crippen LogP contribution in [0.2, 0.25) is 5.02 Å². The van der Waals surface area contributed by atoms with Crippen molar-refractivity contribution in [3.8, 4) is 0 Å². The smallest absolute Gasteiger partial charge is 0.360 e. The zero-order valence-corrected chi connectivity index (χ0v) is 12.7. The monoisotopic (exact) mass is 325 g/mol. The Kier molecular flexibility index (Phi) is 5.48. The Morgan fingerprint density at radius 2 is 2.09 bits per heavy atom. The molecule has 1 aromatic heterocycles. The zero-order valence-electron chi connectivity index (χ0n) is 11.9. The maximum Gasteiger partial charge on any atom is 0.360 e. The van der Waals surface area contributed by atoms with Gasteiger partial charge in [0.1, 0.15) is 0 Å². The number of benzene rings is 1. The lowest BCUT2D eigenvalue weighted by molar-refractivity contribution is 0.0515. The molecule has 0 saturated carbocycles. The van der Waals surface area contributed by atoms with Gasteiger partial charge >= 0.3 is 5.97 Å². The molecule has 0 aliphatic carbocycles. The van der Waals surface area contributed by atoms with Crippen LogP contribution in [0, 0.1) is 0 Å². The summed E-state index contributed by atoms with van der Waals surface area (Å²) in [5.74, 6) is -0.654. The fraction of sp³-hybridized carbons (Fsp3) is 0.357. The Morgan fingerprint density at radius 3 is 2.68 bits per heavy atom. The van der Waals surface area contributed by atoms with E-state index < -0.39 is 18.7 Å². The molecule has 1 atom stereocenters. The molecule has 0 radical (unpaired) electrons. The van der Waals surface area contributed by atoms with Crippen LogP contribution in [0.3, 0.4) is 0 Å². The second kappa shape index (κ2) is 7.35. The fourth-order valence-electron chi connectivity index (χ4n) is 1.95. The van der Waals surface area contributed by atoms with Gasteiger partial charge in [-0.05, 0) is 24.6 Å². The number of halogens is 1. The lowest BCUT2D eigenvalue weighted by Gasteiger charge is -2.12. The fourth-order valence-corrected chi connectivity index (χ4v) is 2.07. The van der Waals surface area contributed by atoms with E-state index in [2.05, 4.69) is 10.3 Å². The maximum absolute atomic E-state index is 11.7. The molecule has 0 saturated heterocycles. The highest BCUT2D eigenvalue weighted by Crippen LogP contribution is 2.19. The average molecular weight is 326 g/mol. The molecule has 0 spiro atoms. The minimum Gasteiger partial charge on any atom is -0.461 e. The molecule has 118 valence electrons. The van der Waals surface area contributed by atoms with Gasteiger partial charge in [0, 0.05) is 5.02 Å². The Balaban J connectivity index is 2.19. The standard InChI is InChI=1S/C14H16ClN3O4/c1-2-22-14(21)13-11(8-19)18(17-16-13)7-12(20)9-3-5-10(15)6-4-9/h3-6,12,19-20H,2,7-8H2,1H3/t12-/m1/s1. The van der Waals surface area contributed by atoms with Gasteiger partial charge < -0.3 is 14.9 Å². The van der Waals surface area contributed by atoms with Crippen molar-refractivity contribution in [1.29, 1.82) is 0 Å². The van der Waals surface area contributed by atoms with Gasteiger partial charge in [-0.15, -0.1) is 5.10 Å². The summed E-state index contributed by atoms with van der Waals surface area (Å²) < 4.78 is 6.13. The topological polar surface area (TPSA) is 97.5 Å². The first-order chi connectivity index (χ1) is 10.6. The maximum atomic E-state index is 11.7. The van der Waals surface area contributed by atoms with Crippen LogP contribution in [0.25, 0.3) is 0 Å². The van der Waals surface area contributed by atoms with Crippen molar-refractivity contribution in [3.63, 3.8) is 0 Å². The Morgan fingerprint density at radius 1 is 1.41 bits per heavy atom. The Hall–Kier alpha value is -1.96. The predicted octanol–water partition coefficient (Wildman–Crippen LogP) is 1.33. The number of aliphatic hydroxyl groups excluding tert-OH is 2. The van der Waals surface area contributed by atoms with Crippen LogP contribution >= 0.6 is 11.6 Å². The quantitative estimate of drug-likeness (QED) is 0.778. The van der Waals surface area contributed by atoms with Crippen LogP contribution in [0.4, 0.5) is 0 Å². The highest BCUT2D eigenvalue weighted by Gasteiger charge is 2.21. The largest absolute Gasteiger partial charge is 0.461 e. The molecule has 22 heavy (non-hydrogen) atoms. The molecule has 0 bridgehead atoms. The first-order valence-electron chi connectivity index (χ1n) is 6.70. The number of hydrogen-bond donors (Lipinski definition) is 2. The van der Waals surface area contributed by atoms with Gasteiger partial charge in [-0.2, -0.15) is 0 Å². The molecule has 2 rings (SSSR count). The molecule has 1 heterocycles. The van der Waals surface area contributed by atoms with Crippen molar-refractivity contribution < 1.29 is 19.7 Å². The summed E-state index contributed by atoms with van der Waals surface area (Å²) in [6.45, 7) is 1.48. The van der Waals surface area contributed by atoms with Crippen LogP contribution in [0.5, 0.6) is 0 Å². The number of aliphatic hydroxyl groups is 2. The molecule has 0 amide bonds. The summed E-state index contributed by atoms with van der Waals surface area (Å²) >= 11 is 5.80. The second-order valence-electron chi connectivity index (χ2n) is 4.51. The second-order valence-corrected chi connectivity index (χ2v) is 4.95. The summed E-state index contributed by atoms with van der Waals surface area (Å²) in [7, 11) is 0. The summed E-state index contributed by atoms with van der Waals surface area (Å²) in [4.78, 5) is 11.7. The molecule has 0 aliphatic heterocycles. The summed E-state index contributed by atoms with van der Waals surface area (Å²) in [5, 5.41) is 27.7. The van der Waals surface area contributed by atoms with Crippen molar-refractivity contribution in [1.82, 2.24) is 15.0 Å². The van der Waals surface area contributed by atoms with Crippen LogP contribution in [-0.4, -0.2) is 37.8 Å². The van der Waals surface area contributed by atoms with Gasteiger partial charge in [0.2, 0.25) is 0 Å². The number of hydrogen-bond acceptors (Lipinski definition) is 6. The summed E-state index contributed by atoms with van der Waals surface area (Å²) in [6, 6.07) is 6.71. The molecule has 0 aliphatic rings. The lowest BCUT2D eigenvalue weighted by Crippen LogP contribution is -2.15. The van der Waals surface area contributed by atoms with Gasteiger partial charge in [0.05, 0.1) is 31.6 Å². The molecule has 0 unspecified atom stereocenters. The van der Waals surface area contributed by atoms with E-state index in [1.165, 1.54) is 4.68 Å². The van der Waals surface area contributed by atoms with Crippen molar-refractivity contribution >= 4 is 17.6 Å². The highest BCUT2D eigenvalue weighted by atomic mass is 35.5. The van der Waals surface area contributed by atoms with Gasteiger partial charge in [-0.1, -0.05) is 28.9 Å². The first kappa shape index (κ1) is 16.4. The number of nitrogens with zero attached hydrogens (tertiary/aromatic N) is 3. The van der Waals surface area contributed by atoms with Gasteiger partial charge in [-0.25, -0.2) is 9.48 Å². The summed E-state index contributed by atoms with van der Waals surface area (Å²) in [6.07, 6.45) is -0.876. The number of esters is 1. The number of aromatic nitrogens is 3. The van der Waals surface area contributed by atoms with Crippen LogP contribution in [0.1, 0.15) is 34.8 Å². The third-order valence-corrected chi connectivity index (χ3v) is 3.31. The van der Waals surface area contributed by atoms with Crippen molar-refractivity contribution in [3.05, 3.63) is 46.2 Å². The first-order valence-corrected chi connectivity index (χ1v) is 7.08.